The van der Waals surface area contributed by atoms with E-state index in [1.807, 2.05) is 35.9 Å². The Morgan fingerprint density at radius 1 is 1.52 bits per heavy atom. The second kappa shape index (κ2) is 6.01. The molecule has 2 unspecified atom stereocenters. The molecule has 2 aliphatic rings. The standard InChI is InChI=1S/C15H23N3O2S/c1-18-10-13(9-16-18)21-12-4-3-7-15(8-12,14(19)20-2)17-11-5-6-11/h9-12,17H,3-8H2,1-2H3. The summed E-state index contributed by atoms with van der Waals surface area (Å²) in [5.74, 6) is -0.0918. The first-order valence-corrected chi connectivity index (χ1v) is 8.51. The summed E-state index contributed by atoms with van der Waals surface area (Å²) in [6.45, 7) is 0. The molecule has 1 aromatic heterocycles. The fourth-order valence-corrected chi connectivity index (χ4v) is 4.52. The summed E-state index contributed by atoms with van der Waals surface area (Å²) in [4.78, 5) is 13.5. The normalized spacial score (nSPS) is 29.3. The number of aromatic nitrogens is 2. The lowest BCUT2D eigenvalue weighted by molar-refractivity contribution is -0.150. The maximum atomic E-state index is 12.3. The third kappa shape index (κ3) is 3.43. The monoisotopic (exact) mass is 309 g/mol. The average molecular weight is 309 g/mol. The summed E-state index contributed by atoms with van der Waals surface area (Å²) in [6.07, 6.45) is 10.2. The van der Waals surface area contributed by atoms with Gasteiger partial charge in [-0.05, 0) is 38.5 Å². The van der Waals surface area contributed by atoms with Crippen molar-refractivity contribution in [2.45, 2.75) is 60.3 Å². The lowest BCUT2D eigenvalue weighted by atomic mass is 9.81. The number of rotatable bonds is 5. The second-order valence-electron chi connectivity index (χ2n) is 6.18. The van der Waals surface area contributed by atoms with Crippen molar-refractivity contribution in [3.05, 3.63) is 12.4 Å². The van der Waals surface area contributed by atoms with Gasteiger partial charge in [0.2, 0.25) is 0 Å². The van der Waals surface area contributed by atoms with Crippen LogP contribution in [0.3, 0.4) is 0 Å². The first kappa shape index (κ1) is 14.9. The summed E-state index contributed by atoms with van der Waals surface area (Å²) in [6, 6.07) is 0.506. The summed E-state index contributed by atoms with van der Waals surface area (Å²) in [5.41, 5.74) is -0.478. The van der Waals surface area contributed by atoms with Gasteiger partial charge in [-0.25, -0.2) is 0 Å². The Hall–Kier alpha value is -1.01. The van der Waals surface area contributed by atoms with Crippen LogP contribution in [0.15, 0.2) is 17.3 Å². The number of hydrogen-bond donors (Lipinski definition) is 1. The molecule has 1 aromatic rings. The van der Waals surface area contributed by atoms with Gasteiger partial charge in [0.1, 0.15) is 5.54 Å². The minimum absolute atomic E-state index is 0.0918. The molecule has 0 aliphatic heterocycles. The minimum Gasteiger partial charge on any atom is -0.468 e. The van der Waals surface area contributed by atoms with Gasteiger partial charge in [-0.2, -0.15) is 5.10 Å². The molecule has 1 heterocycles. The Morgan fingerprint density at radius 2 is 2.33 bits per heavy atom. The summed E-state index contributed by atoms with van der Waals surface area (Å²) in [5, 5.41) is 8.22. The number of thioether (sulfide) groups is 1. The van der Waals surface area contributed by atoms with E-state index in [1.165, 1.54) is 24.8 Å². The first-order chi connectivity index (χ1) is 10.1. The zero-order valence-electron chi connectivity index (χ0n) is 12.7. The topological polar surface area (TPSA) is 56.1 Å². The number of methoxy groups -OCH3 is 1. The molecule has 5 nitrogen and oxygen atoms in total. The molecule has 0 radical (unpaired) electrons. The predicted molar refractivity (Wildman–Crippen MR) is 82.2 cm³/mol. The summed E-state index contributed by atoms with van der Waals surface area (Å²) < 4.78 is 6.92. The van der Waals surface area contributed by atoms with Crippen molar-refractivity contribution in [3.8, 4) is 0 Å². The van der Waals surface area contributed by atoms with E-state index < -0.39 is 5.54 Å². The summed E-state index contributed by atoms with van der Waals surface area (Å²) in [7, 11) is 3.43. The lowest BCUT2D eigenvalue weighted by Gasteiger charge is -2.39. The van der Waals surface area contributed by atoms with Crippen LogP contribution in [0.4, 0.5) is 0 Å². The largest absolute Gasteiger partial charge is 0.468 e. The molecule has 0 amide bonds. The molecule has 2 saturated carbocycles. The highest BCUT2D eigenvalue weighted by Crippen LogP contribution is 2.40. The van der Waals surface area contributed by atoms with E-state index in [0.29, 0.717) is 11.3 Å². The Kier molecular flexibility index (Phi) is 4.26. The number of ether oxygens (including phenoxy) is 1. The van der Waals surface area contributed by atoms with Crippen LogP contribution < -0.4 is 5.32 Å². The zero-order chi connectivity index (χ0) is 14.9. The highest BCUT2D eigenvalue weighted by atomic mass is 32.2. The highest BCUT2D eigenvalue weighted by molar-refractivity contribution is 8.00. The number of carbonyl (C=O) groups is 1. The number of nitrogens with one attached hydrogen (secondary N) is 1. The maximum absolute atomic E-state index is 12.3. The molecule has 0 saturated heterocycles. The molecule has 6 heteroatoms. The Labute approximate surface area is 129 Å². The van der Waals surface area contributed by atoms with Gasteiger partial charge in [0, 0.05) is 29.4 Å². The van der Waals surface area contributed by atoms with E-state index in [1.54, 1.807) is 0 Å². The van der Waals surface area contributed by atoms with Gasteiger partial charge in [-0.15, -0.1) is 11.8 Å². The Morgan fingerprint density at radius 3 is 2.95 bits per heavy atom. The quantitative estimate of drug-likeness (QED) is 0.844. The van der Waals surface area contributed by atoms with E-state index in [4.69, 9.17) is 4.74 Å². The van der Waals surface area contributed by atoms with Crippen LogP contribution in [0.5, 0.6) is 0 Å². The molecule has 1 N–H and O–H groups in total. The number of hydrogen-bond acceptors (Lipinski definition) is 5. The van der Waals surface area contributed by atoms with Gasteiger partial charge in [-0.3, -0.25) is 14.8 Å². The molecule has 116 valence electrons. The third-order valence-electron chi connectivity index (χ3n) is 4.32. The Bertz CT molecular complexity index is 515. The van der Waals surface area contributed by atoms with Crippen molar-refractivity contribution in [3.63, 3.8) is 0 Å². The average Bonchev–Trinajstić information content (AvgIpc) is 3.19. The Balaban J connectivity index is 1.70. The molecule has 2 atom stereocenters. The van der Waals surface area contributed by atoms with Gasteiger partial charge in [0.15, 0.2) is 0 Å². The van der Waals surface area contributed by atoms with Crippen LogP contribution in [0.25, 0.3) is 0 Å². The van der Waals surface area contributed by atoms with Gasteiger partial charge < -0.3 is 4.74 Å². The SMILES string of the molecule is COC(=O)C1(NC2CC2)CCCC(Sc2cnn(C)c2)C1. The molecule has 0 aromatic carbocycles. The smallest absolute Gasteiger partial charge is 0.326 e. The van der Waals surface area contributed by atoms with Crippen LogP contribution in [0.1, 0.15) is 38.5 Å². The number of nitrogens with zero attached hydrogens (tertiary/aromatic N) is 2. The molecule has 3 rings (SSSR count). The van der Waals surface area contributed by atoms with Gasteiger partial charge >= 0.3 is 5.97 Å². The van der Waals surface area contributed by atoms with Gasteiger partial charge in [0.25, 0.3) is 0 Å². The van der Waals surface area contributed by atoms with Crippen LogP contribution in [-0.4, -0.2) is 39.7 Å². The fourth-order valence-electron chi connectivity index (χ4n) is 3.17. The first-order valence-electron chi connectivity index (χ1n) is 7.63. The zero-order valence-corrected chi connectivity index (χ0v) is 13.5. The van der Waals surface area contributed by atoms with Crippen LogP contribution in [0.2, 0.25) is 0 Å². The van der Waals surface area contributed by atoms with Crippen LogP contribution in [0, 0.1) is 0 Å². The van der Waals surface area contributed by atoms with Gasteiger partial charge in [0.05, 0.1) is 13.3 Å². The van der Waals surface area contributed by atoms with Crippen molar-refractivity contribution in [1.82, 2.24) is 15.1 Å². The molecular formula is C15H23N3O2S. The molecule has 21 heavy (non-hydrogen) atoms. The summed E-state index contributed by atoms with van der Waals surface area (Å²) >= 11 is 1.83. The fraction of sp³-hybridized carbons (Fsp3) is 0.733. The molecular weight excluding hydrogens is 286 g/mol. The van der Waals surface area contributed by atoms with E-state index in [-0.39, 0.29) is 5.97 Å². The third-order valence-corrected chi connectivity index (χ3v) is 5.54. The molecule has 0 spiro atoms. The van der Waals surface area contributed by atoms with Crippen molar-refractivity contribution in [2.24, 2.45) is 7.05 Å². The lowest BCUT2D eigenvalue weighted by Crippen LogP contribution is -2.56. The minimum atomic E-state index is -0.478. The molecule has 2 aliphatic carbocycles. The van der Waals surface area contributed by atoms with Crippen molar-refractivity contribution >= 4 is 17.7 Å². The van der Waals surface area contributed by atoms with E-state index in [9.17, 15) is 4.79 Å². The van der Waals surface area contributed by atoms with Gasteiger partial charge in [-0.1, -0.05) is 0 Å². The molecule has 2 fully saturated rings. The van der Waals surface area contributed by atoms with Crippen LogP contribution in [-0.2, 0) is 16.6 Å². The maximum Gasteiger partial charge on any atom is 0.326 e. The molecule has 0 bridgehead atoms. The van der Waals surface area contributed by atoms with E-state index in [2.05, 4.69) is 10.4 Å². The van der Waals surface area contributed by atoms with Crippen LogP contribution >= 0.6 is 11.8 Å². The van der Waals surface area contributed by atoms with E-state index >= 15 is 0 Å². The van der Waals surface area contributed by atoms with Crippen molar-refractivity contribution in [1.29, 1.82) is 0 Å². The number of aryl methyl sites for hydroxylation is 1. The van der Waals surface area contributed by atoms with E-state index in [0.717, 1.165) is 25.7 Å². The number of esters is 1. The highest BCUT2D eigenvalue weighted by Gasteiger charge is 2.46. The predicted octanol–water partition coefficient (Wildman–Crippen LogP) is 2.12. The van der Waals surface area contributed by atoms with Crippen molar-refractivity contribution in [2.75, 3.05) is 7.11 Å². The number of carbonyl (C=O) groups excluding carboxylic acids is 1. The van der Waals surface area contributed by atoms with Crippen molar-refractivity contribution < 1.29 is 9.53 Å². The second-order valence-corrected chi connectivity index (χ2v) is 7.55.